The van der Waals surface area contributed by atoms with Gasteiger partial charge in [0.15, 0.2) is 0 Å². The van der Waals surface area contributed by atoms with Gasteiger partial charge in [-0.2, -0.15) is 0 Å². The van der Waals surface area contributed by atoms with Crippen LogP contribution in [0.2, 0.25) is 0 Å². The van der Waals surface area contributed by atoms with Gasteiger partial charge in [0.1, 0.15) is 5.75 Å². The molecule has 0 spiro atoms. The van der Waals surface area contributed by atoms with E-state index in [4.69, 9.17) is 5.11 Å². The number of para-hydroxylation sites is 1. The number of amides is 1. The molecule has 1 aromatic rings. The number of phenols is 1. The van der Waals surface area contributed by atoms with E-state index in [9.17, 15) is 14.7 Å². The molecule has 5 heteroatoms. The maximum atomic E-state index is 11.9. The van der Waals surface area contributed by atoms with Crippen molar-refractivity contribution in [2.24, 2.45) is 0 Å². The molecule has 19 heavy (non-hydrogen) atoms. The first-order chi connectivity index (χ1) is 8.93. The monoisotopic (exact) mass is 265 g/mol. The molecule has 0 aromatic heterocycles. The summed E-state index contributed by atoms with van der Waals surface area (Å²) < 4.78 is 0. The Morgan fingerprint density at radius 1 is 1.26 bits per heavy atom. The van der Waals surface area contributed by atoms with Crippen LogP contribution in [0.1, 0.15) is 37.8 Å². The molecule has 1 atom stereocenters. The van der Waals surface area contributed by atoms with Crippen LogP contribution in [-0.4, -0.2) is 34.0 Å². The molecule has 1 aromatic carbocycles. The SMILES string of the molecule is CC(c1ccccc1O)N(C)C(=O)CCCC(=O)O. The van der Waals surface area contributed by atoms with Gasteiger partial charge in [0.2, 0.25) is 5.91 Å². The number of carbonyl (C=O) groups is 2. The van der Waals surface area contributed by atoms with Crippen LogP contribution in [0.25, 0.3) is 0 Å². The van der Waals surface area contributed by atoms with Crippen LogP contribution >= 0.6 is 0 Å². The lowest BCUT2D eigenvalue weighted by Crippen LogP contribution is -2.29. The highest BCUT2D eigenvalue weighted by Gasteiger charge is 2.19. The van der Waals surface area contributed by atoms with Crippen LogP contribution in [0.4, 0.5) is 0 Å². The molecule has 0 saturated carbocycles. The lowest BCUT2D eigenvalue weighted by Gasteiger charge is -2.26. The van der Waals surface area contributed by atoms with E-state index in [1.165, 1.54) is 4.90 Å². The molecule has 0 radical (unpaired) electrons. The topological polar surface area (TPSA) is 77.8 Å². The summed E-state index contributed by atoms with van der Waals surface area (Å²) >= 11 is 0. The number of aromatic hydroxyl groups is 1. The second-order valence-corrected chi connectivity index (χ2v) is 4.49. The van der Waals surface area contributed by atoms with E-state index in [1.807, 2.05) is 6.92 Å². The molecular weight excluding hydrogens is 246 g/mol. The van der Waals surface area contributed by atoms with Crippen molar-refractivity contribution in [1.82, 2.24) is 4.90 Å². The average molecular weight is 265 g/mol. The van der Waals surface area contributed by atoms with Gasteiger partial charge in [-0.05, 0) is 19.4 Å². The molecule has 0 heterocycles. The Hall–Kier alpha value is -2.04. The summed E-state index contributed by atoms with van der Waals surface area (Å²) in [6.45, 7) is 1.82. The lowest BCUT2D eigenvalue weighted by molar-refractivity contribution is -0.137. The second-order valence-electron chi connectivity index (χ2n) is 4.49. The number of carboxylic acids is 1. The number of nitrogens with zero attached hydrogens (tertiary/aromatic N) is 1. The Morgan fingerprint density at radius 3 is 2.47 bits per heavy atom. The molecular formula is C14H19NO4. The molecule has 0 bridgehead atoms. The predicted molar refractivity (Wildman–Crippen MR) is 70.8 cm³/mol. The highest BCUT2D eigenvalue weighted by atomic mass is 16.4. The number of carbonyl (C=O) groups excluding carboxylic acids is 1. The first kappa shape index (κ1) is 15.0. The second kappa shape index (κ2) is 6.78. The largest absolute Gasteiger partial charge is 0.508 e. The Morgan fingerprint density at radius 2 is 1.89 bits per heavy atom. The van der Waals surface area contributed by atoms with Crippen LogP contribution in [0.15, 0.2) is 24.3 Å². The Labute approximate surface area is 112 Å². The molecule has 1 unspecified atom stereocenters. The maximum absolute atomic E-state index is 11.9. The summed E-state index contributed by atoms with van der Waals surface area (Å²) in [6.07, 6.45) is 0.511. The van der Waals surface area contributed by atoms with Gasteiger partial charge in [-0.15, -0.1) is 0 Å². The molecule has 0 fully saturated rings. The van der Waals surface area contributed by atoms with Gasteiger partial charge in [-0.3, -0.25) is 9.59 Å². The van der Waals surface area contributed by atoms with Gasteiger partial charge in [-0.1, -0.05) is 18.2 Å². The van der Waals surface area contributed by atoms with Crippen molar-refractivity contribution in [1.29, 1.82) is 0 Å². The minimum Gasteiger partial charge on any atom is -0.508 e. The van der Waals surface area contributed by atoms with Gasteiger partial charge < -0.3 is 15.1 Å². The van der Waals surface area contributed by atoms with E-state index in [1.54, 1.807) is 31.3 Å². The van der Waals surface area contributed by atoms with Crippen molar-refractivity contribution in [2.75, 3.05) is 7.05 Å². The number of rotatable bonds is 6. The molecule has 0 aliphatic rings. The van der Waals surface area contributed by atoms with Crippen molar-refractivity contribution in [3.05, 3.63) is 29.8 Å². The van der Waals surface area contributed by atoms with E-state index in [2.05, 4.69) is 0 Å². The standard InChI is InChI=1S/C14H19NO4/c1-10(11-6-3-4-7-12(11)16)15(2)13(17)8-5-9-14(18)19/h3-4,6-7,10,16H,5,8-9H2,1-2H3,(H,18,19). The Bertz CT molecular complexity index is 459. The predicted octanol–water partition coefficient (Wildman–Crippen LogP) is 2.17. The highest BCUT2D eigenvalue weighted by Crippen LogP contribution is 2.27. The smallest absolute Gasteiger partial charge is 0.303 e. The van der Waals surface area contributed by atoms with Crippen LogP contribution in [-0.2, 0) is 9.59 Å². The van der Waals surface area contributed by atoms with E-state index < -0.39 is 5.97 Å². The summed E-state index contributed by atoms with van der Waals surface area (Å²) in [4.78, 5) is 23.8. The average Bonchev–Trinajstić information content (AvgIpc) is 2.37. The molecule has 5 nitrogen and oxygen atoms in total. The van der Waals surface area contributed by atoms with Crippen molar-refractivity contribution in [3.63, 3.8) is 0 Å². The van der Waals surface area contributed by atoms with E-state index >= 15 is 0 Å². The quantitative estimate of drug-likeness (QED) is 0.826. The van der Waals surface area contributed by atoms with Crippen molar-refractivity contribution >= 4 is 11.9 Å². The minimum atomic E-state index is -0.899. The van der Waals surface area contributed by atoms with E-state index in [0.29, 0.717) is 12.0 Å². The fourth-order valence-electron chi connectivity index (χ4n) is 1.83. The van der Waals surface area contributed by atoms with Gasteiger partial charge >= 0.3 is 5.97 Å². The van der Waals surface area contributed by atoms with E-state index in [0.717, 1.165) is 0 Å². The van der Waals surface area contributed by atoms with Gasteiger partial charge in [-0.25, -0.2) is 0 Å². The molecule has 0 saturated heterocycles. The molecule has 1 rings (SSSR count). The molecule has 0 aliphatic heterocycles. The fourth-order valence-corrected chi connectivity index (χ4v) is 1.83. The minimum absolute atomic E-state index is 0.00938. The Kier molecular flexibility index (Phi) is 5.36. The van der Waals surface area contributed by atoms with Crippen LogP contribution < -0.4 is 0 Å². The normalized spacial score (nSPS) is 11.9. The third-order valence-electron chi connectivity index (χ3n) is 3.14. The zero-order valence-electron chi connectivity index (χ0n) is 11.2. The van der Waals surface area contributed by atoms with Crippen molar-refractivity contribution < 1.29 is 19.8 Å². The summed E-state index contributed by atoms with van der Waals surface area (Å²) in [5, 5.41) is 18.3. The number of phenolic OH excluding ortho intramolecular Hbond substituents is 1. The third-order valence-corrected chi connectivity index (χ3v) is 3.14. The summed E-state index contributed by atoms with van der Waals surface area (Å²) in [5.41, 5.74) is 0.677. The lowest BCUT2D eigenvalue weighted by atomic mass is 10.1. The summed E-state index contributed by atoms with van der Waals surface area (Å²) in [6, 6.07) is 6.61. The first-order valence-corrected chi connectivity index (χ1v) is 6.18. The van der Waals surface area contributed by atoms with Crippen molar-refractivity contribution in [3.8, 4) is 5.75 Å². The summed E-state index contributed by atoms with van der Waals surface area (Å²) in [5.74, 6) is -0.874. The Balaban J connectivity index is 2.61. The highest BCUT2D eigenvalue weighted by molar-refractivity contribution is 5.77. The van der Waals surface area contributed by atoms with Gasteiger partial charge in [0.25, 0.3) is 0 Å². The van der Waals surface area contributed by atoms with E-state index in [-0.39, 0.29) is 30.5 Å². The number of carboxylic acid groups (broad SMARTS) is 1. The molecule has 2 N–H and O–H groups in total. The number of benzene rings is 1. The van der Waals surface area contributed by atoms with Crippen LogP contribution in [0.3, 0.4) is 0 Å². The first-order valence-electron chi connectivity index (χ1n) is 6.18. The fraction of sp³-hybridized carbons (Fsp3) is 0.429. The number of aliphatic carboxylic acids is 1. The van der Waals surface area contributed by atoms with Gasteiger partial charge in [0.05, 0.1) is 6.04 Å². The molecule has 1 amide bonds. The summed E-state index contributed by atoms with van der Waals surface area (Å²) in [7, 11) is 1.65. The molecule has 0 aliphatic carbocycles. The third kappa shape index (κ3) is 4.28. The van der Waals surface area contributed by atoms with Crippen LogP contribution in [0, 0.1) is 0 Å². The number of hydrogen-bond donors (Lipinski definition) is 2. The van der Waals surface area contributed by atoms with Crippen LogP contribution in [0.5, 0.6) is 5.75 Å². The molecule has 104 valence electrons. The van der Waals surface area contributed by atoms with Crippen molar-refractivity contribution in [2.45, 2.75) is 32.2 Å². The van der Waals surface area contributed by atoms with Gasteiger partial charge in [0, 0.05) is 25.5 Å². The maximum Gasteiger partial charge on any atom is 0.303 e. The zero-order valence-corrected chi connectivity index (χ0v) is 11.2. The number of hydrogen-bond acceptors (Lipinski definition) is 3. The zero-order chi connectivity index (χ0) is 14.4.